The molecule has 0 spiro atoms. The van der Waals surface area contributed by atoms with Crippen LogP contribution in [-0.2, 0) is 9.84 Å². The van der Waals surface area contributed by atoms with Crippen molar-refractivity contribution in [2.75, 3.05) is 31.2 Å². The first-order chi connectivity index (χ1) is 8.57. The second-order valence-electron chi connectivity index (χ2n) is 4.29. The summed E-state index contributed by atoms with van der Waals surface area (Å²) in [5.41, 5.74) is 1.28. The second-order valence-corrected chi connectivity index (χ2v) is 6.28. The predicted molar refractivity (Wildman–Crippen MR) is 71.4 cm³/mol. The molecule has 0 unspecified atom stereocenters. The molecule has 0 bridgehead atoms. The molecular formula is C12H17N3O2S. The summed E-state index contributed by atoms with van der Waals surface area (Å²) < 4.78 is 23.2. The highest BCUT2D eigenvalue weighted by Gasteiger charge is 2.14. The van der Waals surface area contributed by atoms with Crippen LogP contribution in [0.25, 0.3) is 0 Å². The lowest BCUT2D eigenvalue weighted by molar-refractivity contribution is 0.601. The first-order valence-corrected chi connectivity index (χ1v) is 7.74. The molecule has 0 saturated carbocycles. The summed E-state index contributed by atoms with van der Waals surface area (Å²) in [6.45, 7) is 2.48. The minimum Gasteiger partial charge on any atom is -0.365 e. The van der Waals surface area contributed by atoms with E-state index in [-0.39, 0.29) is 4.90 Å². The van der Waals surface area contributed by atoms with E-state index < -0.39 is 9.84 Å². The molecule has 0 radical (unpaired) electrons. The standard InChI is InChI=1S/C12H17N3O2S/c1-18(16,17)11-3-2-6-14-12(11)15-9-10-4-7-13-8-5-10/h2-4,6,13H,5,7-9H2,1H3,(H,14,15). The summed E-state index contributed by atoms with van der Waals surface area (Å²) in [5.74, 6) is 0.430. The van der Waals surface area contributed by atoms with Crippen molar-refractivity contribution in [3.8, 4) is 0 Å². The molecule has 0 fully saturated rings. The van der Waals surface area contributed by atoms with E-state index in [1.54, 1.807) is 18.3 Å². The van der Waals surface area contributed by atoms with Gasteiger partial charge in [-0.1, -0.05) is 11.6 Å². The van der Waals surface area contributed by atoms with Gasteiger partial charge >= 0.3 is 0 Å². The predicted octanol–water partition coefficient (Wildman–Crippen LogP) is 0.817. The highest BCUT2D eigenvalue weighted by molar-refractivity contribution is 7.90. The van der Waals surface area contributed by atoms with Crippen molar-refractivity contribution in [1.29, 1.82) is 0 Å². The van der Waals surface area contributed by atoms with Crippen molar-refractivity contribution < 1.29 is 8.42 Å². The van der Waals surface area contributed by atoms with Gasteiger partial charge in [-0.15, -0.1) is 0 Å². The van der Waals surface area contributed by atoms with Gasteiger partial charge in [0.2, 0.25) is 0 Å². The van der Waals surface area contributed by atoms with Gasteiger partial charge in [-0.25, -0.2) is 13.4 Å². The third-order valence-corrected chi connectivity index (χ3v) is 3.94. The maximum absolute atomic E-state index is 11.6. The first kappa shape index (κ1) is 13.0. The van der Waals surface area contributed by atoms with E-state index in [1.807, 2.05) is 0 Å². The van der Waals surface area contributed by atoms with Crippen LogP contribution in [0.4, 0.5) is 5.82 Å². The second kappa shape index (κ2) is 5.49. The van der Waals surface area contributed by atoms with Crippen molar-refractivity contribution in [2.24, 2.45) is 0 Å². The Hall–Kier alpha value is -1.40. The fourth-order valence-corrected chi connectivity index (χ4v) is 2.65. The average Bonchev–Trinajstić information content (AvgIpc) is 2.37. The molecule has 1 aliphatic rings. The Morgan fingerprint density at radius 3 is 3.00 bits per heavy atom. The van der Waals surface area contributed by atoms with Gasteiger partial charge < -0.3 is 10.6 Å². The average molecular weight is 267 g/mol. The maximum atomic E-state index is 11.6. The quantitative estimate of drug-likeness (QED) is 0.790. The van der Waals surface area contributed by atoms with E-state index in [2.05, 4.69) is 21.7 Å². The first-order valence-electron chi connectivity index (χ1n) is 5.85. The Labute approximate surface area is 107 Å². The zero-order valence-corrected chi connectivity index (χ0v) is 11.1. The third-order valence-electron chi connectivity index (χ3n) is 2.81. The van der Waals surface area contributed by atoms with E-state index in [0.717, 1.165) is 19.5 Å². The number of aromatic nitrogens is 1. The van der Waals surface area contributed by atoms with Crippen molar-refractivity contribution in [2.45, 2.75) is 11.3 Å². The molecule has 98 valence electrons. The van der Waals surface area contributed by atoms with Gasteiger partial charge in [0.25, 0.3) is 0 Å². The normalized spacial score (nSPS) is 16.2. The lowest BCUT2D eigenvalue weighted by Crippen LogP contribution is -2.23. The van der Waals surface area contributed by atoms with Crippen molar-refractivity contribution >= 4 is 15.7 Å². The number of rotatable bonds is 4. The SMILES string of the molecule is CS(=O)(=O)c1cccnc1NCC1=CCNCC1. The lowest BCUT2D eigenvalue weighted by Gasteiger charge is -2.15. The Balaban J connectivity index is 2.12. The van der Waals surface area contributed by atoms with Crippen LogP contribution in [0.5, 0.6) is 0 Å². The highest BCUT2D eigenvalue weighted by atomic mass is 32.2. The number of nitrogens with zero attached hydrogens (tertiary/aromatic N) is 1. The number of pyridine rings is 1. The van der Waals surface area contributed by atoms with E-state index in [4.69, 9.17) is 0 Å². The van der Waals surface area contributed by atoms with Gasteiger partial charge in [-0.3, -0.25) is 0 Å². The number of hydrogen-bond acceptors (Lipinski definition) is 5. The van der Waals surface area contributed by atoms with E-state index in [1.165, 1.54) is 11.8 Å². The van der Waals surface area contributed by atoms with Gasteiger partial charge in [0.05, 0.1) is 0 Å². The largest absolute Gasteiger partial charge is 0.365 e. The third kappa shape index (κ3) is 3.30. The summed E-state index contributed by atoms with van der Waals surface area (Å²) in [7, 11) is -3.24. The lowest BCUT2D eigenvalue weighted by atomic mass is 10.1. The number of sulfone groups is 1. The minimum atomic E-state index is -3.24. The number of nitrogens with one attached hydrogen (secondary N) is 2. The van der Waals surface area contributed by atoms with E-state index >= 15 is 0 Å². The van der Waals surface area contributed by atoms with Crippen LogP contribution < -0.4 is 10.6 Å². The Kier molecular flexibility index (Phi) is 3.98. The maximum Gasteiger partial charge on any atom is 0.179 e. The summed E-state index contributed by atoms with van der Waals surface area (Å²) in [6.07, 6.45) is 5.89. The molecule has 0 amide bonds. The molecule has 1 aromatic rings. The molecule has 2 N–H and O–H groups in total. The van der Waals surface area contributed by atoms with Crippen LogP contribution in [0, 0.1) is 0 Å². The molecule has 0 aliphatic carbocycles. The Morgan fingerprint density at radius 2 is 2.33 bits per heavy atom. The van der Waals surface area contributed by atoms with Crippen LogP contribution in [0.3, 0.4) is 0 Å². The topological polar surface area (TPSA) is 71.1 Å². The van der Waals surface area contributed by atoms with E-state index in [0.29, 0.717) is 12.4 Å². The molecule has 2 heterocycles. The van der Waals surface area contributed by atoms with Crippen LogP contribution in [-0.4, -0.2) is 39.3 Å². The molecular weight excluding hydrogens is 250 g/mol. The fourth-order valence-electron chi connectivity index (χ4n) is 1.85. The zero-order valence-electron chi connectivity index (χ0n) is 10.3. The number of anilines is 1. The Morgan fingerprint density at radius 1 is 1.50 bits per heavy atom. The fraction of sp³-hybridized carbons (Fsp3) is 0.417. The summed E-state index contributed by atoms with van der Waals surface area (Å²) >= 11 is 0. The molecule has 2 rings (SSSR count). The highest BCUT2D eigenvalue weighted by Crippen LogP contribution is 2.18. The van der Waals surface area contributed by atoms with Crippen molar-refractivity contribution in [3.63, 3.8) is 0 Å². The molecule has 18 heavy (non-hydrogen) atoms. The van der Waals surface area contributed by atoms with Gasteiger partial charge in [-0.2, -0.15) is 0 Å². The molecule has 5 nitrogen and oxygen atoms in total. The Bertz CT molecular complexity index is 552. The van der Waals surface area contributed by atoms with Gasteiger partial charge in [0.1, 0.15) is 10.7 Å². The summed E-state index contributed by atoms with van der Waals surface area (Å²) in [6, 6.07) is 3.20. The van der Waals surface area contributed by atoms with E-state index in [9.17, 15) is 8.42 Å². The van der Waals surface area contributed by atoms with Crippen LogP contribution >= 0.6 is 0 Å². The van der Waals surface area contributed by atoms with Crippen LogP contribution in [0.1, 0.15) is 6.42 Å². The van der Waals surface area contributed by atoms with Gasteiger partial charge in [0.15, 0.2) is 9.84 Å². The molecule has 0 saturated heterocycles. The van der Waals surface area contributed by atoms with Gasteiger partial charge in [-0.05, 0) is 25.1 Å². The molecule has 0 aromatic carbocycles. The van der Waals surface area contributed by atoms with Crippen LogP contribution in [0.15, 0.2) is 34.9 Å². The van der Waals surface area contributed by atoms with Crippen molar-refractivity contribution in [1.82, 2.24) is 10.3 Å². The number of hydrogen-bond donors (Lipinski definition) is 2. The monoisotopic (exact) mass is 267 g/mol. The summed E-state index contributed by atoms with van der Waals surface area (Å²) in [4.78, 5) is 4.35. The molecule has 1 aliphatic heterocycles. The zero-order chi connectivity index (χ0) is 13.0. The molecule has 0 atom stereocenters. The molecule has 1 aromatic heterocycles. The molecule has 6 heteroatoms. The smallest absolute Gasteiger partial charge is 0.179 e. The minimum absolute atomic E-state index is 0.250. The van der Waals surface area contributed by atoms with Crippen molar-refractivity contribution in [3.05, 3.63) is 30.0 Å². The summed E-state index contributed by atoms with van der Waals surface area (Å²) in [5, 5.41) is 6.34. The van der Waals surface area contributed by atoms with Gasteiger partial charge in [0, 0.05) is 25.5 Å². The van der Waals surface area contributed by atoms with Crippen LogP contribution in [0.2, 0.25) is 0 Å².